The zero-order chi connectivity index (χ0) is 45.0. The van der Waals surface area contributed by atoms with Crippen LogP contribution < -0.4 is 9.64 Å². The largest absolute Gasteiger partial charge is 0.467 e. The average molecular weight is 809 g/mol. The van der Waals surface area contributed by atoms with Gasteiger partial charge in [0.05, 0.1) is 22.4 Å². The molecule has 0 saturated heterocycles. The Hall–Kier alpha value is -5.88. The normalized spacial score (nSPS) is 20.9. The number of benzene rings is 5. The number of ether oxygens (including phenoxy) is 2. The highest BCUT2D eigenvalue weighted by Gasteiger charge is 2.66. The van der Waals surface area contributed by atoms with Gasteiger partial charge in [0, 0.05) is 42.7 Å². The first-order chi connectivity index (χ1) is 29.4. The molecule has 0 fully saturated rings. The summed E-state index contributed by atoms with van der Waals surface area (Å²) in [5.74, 6) is 2.84. The summed E-state index contributed by atoms with van der Waals surface area (Å²) >= 11 is 0. The Balaban J connectivity index is 1.23. The van der Waals surface area contributed by atoms with Crippen LogP contribution in [0.15, 0.2) is 108 Å². The van der Waals surface area contributed by atoms with E-state index in [0.717, 1.165) is 84.0 Å². The molecule has 0 bridgehead atoms. The lowest BCUT2D eigenvalue weighted by Gasteiger charge is -2.45. The molecule has 1 aliphatic carbocycles. The molecule has 5 aromatic carbocycles. The lowest BCUT2D eigenvalue weighted by atomic mass is 9.66. The van der Waals surface area contributed by atoms with Crippen LogP contribution in [0.4, 0.5) is 17.1 Å². The Morgan fingerprint density at radius 1 is 0.656 bits per heavy atom. The molecular weight excluding hydrogens is 749 g/mol. The van der Waals surface area contributed by atoms with E-state index < -0.39 is 22.9 Å². The van der Waals surface area contributed by atoms with Gasteiger partial charge in [0.25, 0.3) is 0 Å². The number of fused-ring (bicyclic) bond motifs is 8. The monoisotopic (exact) mass is 808 g/mol. The summed E-state index contributed by atoms with van der Waals surface area (Å²) < 4.78 is 36.2. The van der Waals surface area contributed by atoms with Crippen LogP contribution in [0.5, 0.6) is 11.5 Å². The maximum absolute atomic E-state index is 9.85. The lowest BCUT2D eigenvalue weighted by molar-refractivity contribution is -0.0673. The number of hydrogen-bond acceptors (Lipinski definition) is 5. The highest BCUT2D eigenvalue weighted by Crippen LogP contribution is 2.61. The average Bonchev–Trinajstić information content (AvgIpc) is 3.75. The first-order valence-electron chi connectivity index (χ1n) is 22.6. The minimum atomic E-state index is -1.83. The van der Waals surface area contributed by atoms with Crippen LogP contribution >= 0.6 is 0 Å². The number of pyridine rings is 1. The van der Waals surface area contributed by atoms with Gasteiger partial charge in [-0.3, -0.25) is 4.57 Å². The summed E-state index contributed by atoms with van der Waals surface area (Å²) in [6.45, 7) is 28.0. The van der Waals surface area contributed by atoms with Crippen molar-refractivity contribution in [3.8, 4) is 17.3 Å². The van der Waals surface area contributed by atoms with Crippen molar-refractivity contribution in [1.29, 1.82) is 0 Å². The molecule has 6 nitrogen and oxygen atoms in total. The van der Waals surface area contributed by atoms with Crippen molar-refractivity contribution in [2.75, 3.05) is 4.90 Å². The molecule has 2 atom stereocenters. The lowest BCUT2D eigenvalue weighted by Crippen LogP contribution is -2.54. The molecule has 0 N–H and O–H groups in total. The highest BCUT2D eigenvalue weighted by atomic mass is 16.5. The zero-order valence-electron chi connectivity index (χ0n) is 39.9. The van der Waals surface area contributed by atoms with Crippen LogP contribution in [0.3, 0.4) is 0 Å². The predicted octanol–water partition coefficient (Wildman–Crippen LogP) is 14.3. The molecule has 0 amide bonds. The second-order valence-electron chi connectivity index (χ2n) is 21.0. The Bertz CT molecular complexity index is 3120. The Kier molecular flexibility index (Phi) is 7.76. The topological polar surface area (TPSA) is 51.9 Å². The van der Waals surface area contributed by atoms with Gasteiger partial charge in [-0.05, 0) is 133 Å². The van der Waals surface area contributed by atoms with Crippen LogP contribution in [-0.2, 0) is 27.5 Å². The van der Waals surface area contributed by atoms with Crippen molar-refractivity contribution in [3.63, 3.8) is 0 Å². The second kappa shape index (κ2) is 12.8. The summed E-state index contributed by atoms with van der Waals surface area (Å²) in [4.78, 5) is 12.8. The van der Waals surface area contributed by atoms with Crippen LogP contribution in [0, 0.1) is 26.2 Å². The standard InChI is InChI=1S/C55H58N4O2/c1-32-15-18-43-40(22-32)41-29-48-46(30-45(41)59(43)49-28-37(20-21-56-49)51(4,5)6)58(44-19-16-34(3)24-47(44)60-48)39-26-36(25-38(27-39)52(7,8)9)50-57-54(13)42-23-33(2)14-17-35(42)31-55(54,61-50)53(10,11)12/h14-30H,31H2,1-13H3/t54-,55-/m1/s1/i31D2. The number of aliphatic imine (C=N–C) groups is 1. The van der Waals surface area contributed by atoms with Crippen LogP contribution in [0.25, 0.3) is 27.6 Å². The molecule has 10 rings (SSSR count). The molecular formula is C55H58N4O2. The molecule has 310 valence electrons. The fourth-order valence-electron chi connectivity index (χ4n) is 9.87. The highest BCUT2D eigenvalue weighted by molar-refractivity contribution is 6.12. The number of aryl methyl sites for hydroxylation is 3. The zero-order valence-corrected chi connectivity index (χ0v) is 37.9. The number of aromatic nitrogens is 2. The molecule has 4 heterocycles. The molecule has 3 aliphatic rings. The van der Waals surface area contributed by atoms with Crippen LogP contribution in [0.1, 0.15) is 116 Å². The third kappa shape index (κ3) is 5.88. The molecule has 0 saturated carbocycles. The van der Waals surface area contributed by atoms with E-state index in [1.54, 1.807) is 0 Å². The Morgan fingerprint density at radius 2 is 1.33 bits per heavy atom. The fraction of sp³-hybridized carbons (Fsp3) is 0.345. The van der Waals surface area contributed by atoms with Gasteiger partial charge in [0.2, 0.25) is 5.90 Å². The van der Waals surface area contributed by atoms with Gasteiger partial charge in [0.1, 0.15) is 17.0 Å². The van der Waals surface area contributed by atoms with Crippen LogP contribution in [-0.4, -0.2) is 21.0 Å². The van der Waals surface area contributed by atoms with E-state index in [4.69, 9.17) is 19.5 Å². The SMILES string of the molecule is [2H]C1([2H])c2ccc(C)cc2[C@@]2(C)N=C(c3cc(N4c5ccc(C)cc5Oc5cc6c7cc(C)ccc7n(-c7cc(C(C)(C)C)ccn7)c6cc54)cc(C(C)(C)C)c3)O[C@@]12C(C)(C)C. The minimum Gasteiger partial charge on any atom is -0.467 e. The third-order valence-corrected chi connectivity index (χ3v) is 13.3. The van der Waals surface area contributed by atoms with Gasteiger partial charge in [-0.2, -0.15) is 0 Å². The first-order valence-corrected chi connectivity index (χ1v) is 21.6. The van der Waals surface area contributed by atoms with Crippen molar-refractivity contribution >= 4 is 44.8 Å². The minimum absolute atomic E-state index is 0.0600. The van der Waals surface area contributed by atoms with Crippen molar-refractivity contribution in [2.24, 2.45) is 10.4 Å². The van der Waals surface area contributed by atoms with Gasteiger partial charge in [0.15, 0.2) is 11.5 Å². The van der Waals surface area contributed by atoms with Gasteiger partial charge in [-0.15, -0.1) is 0 Å². The summed E-state index contributed by atoms with van der Waals surface area (Å²) in [6.07, 6.45) is 0.0907. The molecule has 2 aliphatic heterocycles. The van der Waals surface area contributed by atoms with Gasteiger partial charge >= 0.3 is 0 Å². The van der Waals surface area contributed by atoms with Crippen molar-refractivity contribution < 1.29 is 12.2 Å². The van der Waals surface area contributed by atoms with Crippen LogP contribution in [0.2, 0.25) is 0 Å². The summed E-state index contributed by atoms with van der Waals surface area (Å²) in [5, 5.41) is 2.22. The smallest absolute Gasteiger partial charge is 0.217 e. The molecule has 0 unspecified atom stereocenters. The van der Waals surface area contributed by atoms with Crippen molar-refractivity contribution in [3.05, 3.63) is 148 Å². The van der Waals surface area contributed by atoms with E-state index in [0.29, 0.717) is 11.5 Å². The van der Waals surface area contributed by atoms with Crippen molar-refractivity contribution in [2.45, 2.75) is 118 Å². The van der Waals surface area contributed by atoms with E-state index in [9.17, 15) is 2.74 Å². The molecule has 61 heavy (non-hydrogen) atoms. The summed E-state index contributed by atoms with van der Waals surface area (Å²) in [7, 11) is 0. The van der Waals surface area contributed by atoms with Gasteiger partial charge in [-0.1, -0.05) is 104 Å². The molecule has 6 heteroatoms. The maximum Gasteiger partial charge on any atom is 0.217 e. The first kappa shape index (κ1) is 36.9. The predicted molar refractivity (Wildman–Crippen MR) is 252 cm³/mol. The maximum atomic E-state index is 9.85. The van der Waals surface area contributed by atoms with Gasteiger partial charge in [-0.25, -0.2) is 9.98 Å². The summed E-state index contributed by atoms with van der Waals surface area (Å²) in [6, 6.07) is 34.5. The van der Waals surface area contributed by atoms with E-state index in [1.807, 2.05) is 18.3 Å². The molecule has 0 radical (unpaired) electrons. The summed E-state index contributed by atoms with van der Waals surface area (Å²) in [5.41, 5.74) is 9.57. The van der Waals surface area contributed by atoms with E-state index in [2.05, 4.69) is 184 Å². The molecule has 0 spiro atoms. The van der Waals surface area contributed by atoms with Crippen molar-refractivity contribution in [1.82, 2.24) is 9.55 Å². The number of anilines is 3. The molecule has 7 aromatic rings. The Morgan fingerprint density at radius 3 is 2.07 bits per heavy atom. The number of rotatable bonds is 3. The fourth-order valence-corrected chi connectivity index (χ4v) is 9.87. The quantitative estimate of drug-likeness (QED) is 0.178. The van der Waals surface area contributed by atoms with Gasteiger partial charge < -0.3 is 14.4 Å². The third-order valence-electron chi connectivity index (χ3n) is 13.3. The van der Waals surface area contributed by atoms with E-state index in [1.165, 1.54) is 11.1 Å². The molecule has 2 aromatic heterocycles. The number of hydrogen-bond donors (Lipinski definition) is 0. The second-order valence-corrected chi connectivity index (χ2v) is 21.0. The van der Waals surface area contributed by atoms with E-state index >= 15 is 0 Å². The number of nitrogens with zero attached hydrogens (tertiary/aromatic N) is 4. The Labute approximate surface area is 364 Å². The van der Waals surface area contributed by atoms with E-state index in [-0.39, 0.29) is 10.8 Å².